The first-order valence-electron chi connectivity index (χ1n) is 5.47. The SMILES string of the molecule is Cc1sc(C2CC3CCC2C3)nc1N. The zero-order valence-corrected chi connectivity index (χ0v) is 9.31. The Bertz CT molecular complexity index is 339. The highest BCUT2D eigenvalue weighted by atomic mass is 32.1. The van der Waals surface area contributed by atoms with Gasteiger partial charge in [0, 0.05) is 10.8 Å². The Morgan fingerprint density at radius 1 is 1.36 bits per heavy atom. The van der Waals surface area contributed by atoms with Gasteiger partial charge in [0.1, 0.15) is 5.82 Å². The van der Waals surface area contributed by atoms with Crippen LogP contribution in [0.4, 0.5) is 5.82 Å². The van der Waals surface area contributed by atoms with E-state index in [1.807, 2.05) is 11.3 Å². The van der Waals surface area contributed by atoms with Crippen molar-refractivity contribution >= 4 is 17.2 Å². The first-order valence-corrected chi connectivity index (χ1v) is 6.28. The Balaban J connectivity index is 1.89. The molecule has 1 heterocycles. The minimum atomic E-state index is 0.745. The van der Waals surface area contributed by atoms with E-state index in [0.29, 0.717) is 0 Å². The van der Waals surface area contributed by atoms with Crippen LogP contribution in [-0.2, 0) is 0 Å². The summed E-state index contributed by atoms with van der Waals surface area (Å²) in [6, 6.07) is 0. The lowest BCUT2D eigenvalue weighted by Gasteiger charge is -2.18. The molecule has 14 heavy (non-hydrogen) atoms. The summed E-state index contributed by atoms with van der Waals surface area (Å²) >= 11 is 1.82. The molecule has 0 aromatic carbocycles. The zero-order chi connectivity index (χ0) is 9.71. The molecule has 2 aliphatic rings. The van der Waals surface area contributed by atoms with Gasteiger partial charge in [0.25, 0.3) is 0 Å². The van der Waals surface area contributed by atoms with E-state index in [1.54, 1.807) is 0 Å². The van der Waals surface area contributed by atoms with Crippen LogP contribution in [0.2, 0.25) is 0 Å². The highest BCUT2D eigenvalue weighted by molar-refractivity contribution is 7.12. The molecule has 2 saturated carbocycles. The molecule has 2 aliphatic carbocycles. The number of anilines is 1. The lowest BCUT2D eigenvalue weighted by molar-refractivity contribution is 0.419. The van der Waals surface area contributed by atoms with E-state index in [4.69, 9.17) is 5.73 Å². The van der Waals surface area contributed by atoms with E-state index in [1.165, 1.54) is 35.6 Å². The largest absolute Gasteiger partial charge is 0.383 e. The van der Waals surface area contributed by atoms with Crippen molar-refractivity contribution < 1.29 is 0 Å². The maximum absolute atomic E-state index is 5.81. The smallest absolute Gasteiger partial charge is 0.137 e. The second-order valence-corrected chi connectivity index (χ2v) is 6.01. The van der Waals surface area contributed by atoms with E-state index < -0.39 is 0 Å². The molecule has 2 N–H and O–H groups in total. The van der Waals surface area contributed by atoms with Crippen LogP contribution in [0.1, 0.15) is 41.5 Å². The fourth-order valence-electron chi connectivity index (χ4n) is 3.14. The number of nitrogens with two attached hydrogens (primary N) is 1. The van der Waals surface area contributed by atoms with Crippen LogP contribution in [-0.4, -0.2) is 4.98 Å². The summed E-state index contributed by atoms with van der Waals surface area (Å²) in [5.41, 5.74) is 5.81. The lowest BCUT2D eigenvalue weighted by atomic mass is 9.89. The maximum atomic E-state index is 5.81. The number of hydrogen-bond donors (Lipinski definition) is 1. The van der Waals surface area contributed by atoms with Crippen molar-refractivity contribution in [3.63, 3.8) is 0 Å². The average Bonchev–Trinajstić information content (AvgIpc) is 2.82. The lowest BCUT2D eigenvalue weighted by Crippen LogP contribution is -2.08. The van der Waals surface area contributed by atoms with Crippen LogP contribution >= 0.6 is 11.3 Å². The number of fused-ring (bicyclic) bond motifs is 2. The van der Waals surface area contributed by atoms with Crippen molar-refractivity contribution in [3.8, 4) is 0 Å². The monoisotopic (exact) mass is 208 g/mol. The highest BCUT2D eigenvalue weighted by Crippen LogP contribution is 2.53. The molecule has 0 spiro atoms. The predicted octanol–water partition coefficient (Wildman–Crippen LogP) is 2.94. The quantitative estimate of drug-likeness (QED) is 0.770. The van der Waals surface area contributed by atoms with Gasteiger partial charge in [0.05, 0.1) is 5.01 Å². The Hall–Kier alpha value is -0.570. The molecule has 3 heteroatoms. The number of aryl methyl sites for hydroxylation is 1. The molecular formula is C11H16N2S. The summed E-state index contributed by atoms with van der Waals surface area (Å²) in [6.45, 7) is 2.07. The van der Waals surface area contributed by atoms with Crippen molar-refractivity contribution in [1.29, 1.82) is 0 Å². The van der Waals surface area contributed by atoms with Gasteiger partial charge < -0.3 is 5.73 Å². The Labute approximate surface area is 88.5 Å². The van der Waals surface area contributed by atoms with Gasteiger partial charge in [-0.3, -0.25) is 0 Å². The summed E-state index contributed by atoms with van der Waals surface area (Å²) < 4.78 is 0. The Kier molecular flexibility index (Phi) is 1.84. The molecule has 0 saturated heterocycles. The number of nitrogens with zero attached hydrogens (tertiary/aromatic N) is 1. The second-order valence-electron chi connectivity index (χ2n) is 4.77. The fourth-order valence-corrected chi connectivity index (χ4v) is 4.18. The average molecular weight is 208 g/mol. The van der Waals surface area contributed by atoms with Crippen molar-refractivity contribution in [3.05, 3.63) is 9.88 Å². The van der Waals surface area contributed by atoms with Gasteiger partial charge in [-0.1, -0.05) is 6.42 Å². The molecule has 1 aromatic heterocycles. The van der Waals surface area contributed by atoms with E-state index >= 15 is 0 Å². The highest BCUT2D eigenvalue weighted by Gasteiger charge is 2.41. The van der Waals surface area contributed by atoms with Crippen LogP contribution in [0.15, 0.2) is 0 Å². The first kappa shape index (κ1) is 8.72. The third kappa shape index (κ3) is 1.18. The molecule has 3 atom stereocenters. The fraction of sp³-hybridized carbons (Fsp3) is 0.727. The predicted molar refractivity (Wildman–Crippen MR) is 59.5 cm³/mol. The molecule has 2 fully saturated rings. The normalized spacial score (nSPS) is 35.4. The van der Waals surface area contributed by atoms with Gasteiger partial charge in [0.2, 0.25) is 0 Å². The van der Waals surface area contributed by atoms with E-state index in [9.17, 15) is 0 Å². The minimum absolute atomic E-state index is 0.745. The number of rotatable bonds is 1. The van der Waals surface area contributed by atoms with Crippen molar-refractivity contribution in [2.24, 2.45) is 11.8 Å². The van der Waals surface area contributed by atoms with Gasteiger partial charge in [-0.2, -0.15) is 0 Å². The standard InChI is InChI=1S/C11H16N2S/c1-6-10(12)13-11(14-6)9-5-7-2-3-8(9)4-7/h7-9H,2-5,12H2,1H3. The van der Waals surface area contributed by atoms with Crippen LogP contribution in [0.3, 0.4) is 0 Å². The Morgan fingerprint density at radius 2 is 2.21 bits per heavy atom. The van der Waals surface area contributed by atoms with E-state index in [-0.39, 0.29) is 0 Å². The zero-order valence-electron chi connectivity index (χ0n) is 8.49. The van der Waals surface area contributed by atoms with E-state index in [0.717, 1.165) is 23.6 Å². The van der Waals surface area contributed by atoms with Crippen molar-refractivity contribution in [2.45, 2.75) is 38.5 Å². The maximum Gasteiger partial charge on any atom is 0.137 e. The molecule has 0 amide bonds. The number of thiazole rings is 1. The molecule has 2 bridgehead atoms. The molecule has 0 aliphatic heterocycles. The molecule has 2 nitrogen and oxygen atoms in total. The molecular weight excluding hydrogens is 192 g/mol. The number of aromatic nitrogens is 1. The molecule has 76 valence electrons. The van der Waals surface area contributed by atoms with Crippen LogP contribution in [0, 0.1) is 18.8 Å². The summed E-state index contributed by atoms with van der Waals surface area (Å²) in [4.78, 5) is 5.70. The summed E-state index contributed by atoms with van der Waals surface area (Å²) in [6.07, 6.45) is 5.70. The van der Waals surface area contributed by atoms with E-state index in [2.05, 4.69) is 11.9 Å². The third-order valence-electron chi connectivity index (χ3n) is 3.90. The summed E-state index contributed by atoms with van der Waals surface area (Å²) in [5, 5.41) is 1.31. The van der Waals surface area contributed by atoms with Gasteiger partial charge in [-0.25, -0.2) is 4.98 Å². The van der Waals surface area contributed by atoms with Gasteiger partial charge in [-0.05, 0) is 38.0 Å². The van der Waals surface area contributed by atoms with Crippen molar-refractivity contribution in [2.75, 3.05) is 5.73 Å². The molecule has 1 aromatic rings. The summed E-state index contributed by atoms with van der Waals surface area (Å²) in [7, 11) is 0. The number of hydrogen-bond acceptors (Lipinski definition) is 3. The Morgan fingerprint density at radius 3 is 2.71 bits per heavy atom. The molecule has 3 rings (SSSR count). The third-order valence-corrected chi connectivity index (χ3v) is 5.02. The van der Waals surface area contributed by atoms with Gasteiger partial charge in [0.15, 0.2) is 0 Å². The second kappa shape index (κ2) is 2.96. The first-order chi connectivity index (χ1) is 6.74. The van der Waals surface area contributed by atoms with Crippen LogP contribution < -0.4 is 5.73 Å². The number of nitrogen functional groups attached to an aromatic ring is 1. The molecule has 3 unspecified atom stereocenters. The van der Waals surface area contributed by atoms with Crippen molar-refractivity contribution in [1.82, 2.24) is 4.98 Å². The topological polar surface area (TPSA) is 38.9 Å². The molecule has 0 radical (unpaired) electrons. The van der Waals surface area contributed by atoms with Gasteiger partial charge in [-0.15, -0.1) is 11.3 Å². The van der Waals surface area contributed by atoms with Crippen LogP contribution in [0.5, 0.6) is 0 Å². The van der Waals surface area contributed by atoms with Gasteiger partial charge >= 0.3 is 0 Å². The minimum Gasteiger partial charge on any atom is -0.383 e. The summed E-state index contributed by atoms with van der Waals surface area (Å²) in [5.74, 6) is 3.42. The van der Waals surface area contributed by atoms with Crippen LogP contribution in [0.25, 0.3) is 0 Å².